The Bertz CT molecular complexity index is 2890. The van der Waals surface area contributed by atoms with Crippen molar-refractivity contribution in [2.24, 2.45) is 0 Å². The Balaban J connectivity index is 1.61. The summed E-state index contributed by atoms with van der Waals surface area (Å²) in [6.07, 6.45) is 0. The van der Waals surface area contributed by atoms with E-state index in [4.69, 9.17) is 7.16 Å². The van der Waals surface area contributed by atoms with Crippen molar-refractivity contribution in [1.29, 1.82) is 0 Å². The maximum atomic E-state index is 9.87. The van der Waals surface area contributed by atoms with Crippen LogP contribution in [0.3, 0.4) is 0 Å². The molecule has 0 fully saturated rings. The largest absolute Gasteiger partial charge is 0.456 e. The van der Waals surface area contributed by atoms with Crippen LogP contribution < -0.4 is 0 Å². The average molecular weight is 554 g/mol. The predicted molar refractivity (Wildman–Crippen MR) is 183 cm³/mol. The van der Waals surface area contributed by atoms with E-state index in [-0.39, 0.29) is 58.0 Å². The van der Waals surface area contributed by atoms with Gasteiger partial charge in [-0.05, 0) is 89.9 Å². The zero-order valence-electron chi connectivity index (χ0n) is 29.9. The van der Waals surface area contributed by atoms with Crippen LogP contribution in [0.1, 0.15) is 9.60 Å². The lowest BCUT2D eigenvalue weighted by Crippen LogP contribution is -1.92. The van der Waals surface area contributed by atoms with Crippen molar-refractivity contribution < 1.29 is 14.0 Å². The van der Waals surface area contributed by atoms with Crippen LogP contribution in [0, 0.1) is 0 Å². The molecular weight excluding hydrogens is 520 g/mol. The lowest BCUT2D eigenvalue weighted by molar-refractivity contribution is 0.669. The first-order valence-corrected chi connectivity index (χ1v) is 14.2. The molecule has 0 amide bonds. The van der Waals surface area contributed by atoms with Gasteiger partial charge in [0.05, 0.1) is 9.60 Å². The van der Waals surface area contributed by atoms with Crippen molar-refractivity contribution in [3.8, 4) is 33.4 Å². The summed E-state index contributed by atoms with van der Waals surface area (Å²) in [6, 6.07) is 34.5. The second-order valence-corrected chi connectivity index (χ2v) is 10.7. The molecule has 0 aliphatic heterocycles. The second-order valence-electron chi connectivity index (χ2n) is 10.7. The van der Waals surface area contributed by atoms with Gasteiger partial charge in [0.25, 0.3) is 0 Å². The van der Waals surface area contributed by atoms with Gasteiger partial charge in [-0.3, -0.25) is 0 Å². The highest BCUT2D eigenvalue weighted by Crippen LogP contribution is 2.47. The molecule has 9 aromatic rings. The minimum absolute atomic E-state index is 0.00939. The van der Waals surface area contributed by atoms with Gasteiger partial charge in [-0.25, -0.2) is 0 Å². The molecule has 9 rings (SSSR count). The van der Waals surface area contributed by atoms with Crippen LogP contribution in [-0.2, 0) is 0 Å². The van der Waals surface area contributed by atoms with E-state index in [0.29, 0.717) is 44.4 Å². The fraction of sp³-hybridized carbons (Fsp3) is 0. The summed E-state index contributed by atoms with van der Waals surface area (Å²) in [4.78, 5) is 0. The molecule has 200 valence electrons. The molecule has 1 aromatic heterocycles. The molecule has 0 atom stereocenters. The number of fused-ring (bicyclic) bond motifs is 6. The molecule has 0 saturated carbocycles. The van der Waals surface area contributed by atoms with Crippen molar-refractivity contribution in [3.05, 3.63) is 158 Å². The zero-order chi connectivity index (χ0) is 34.4. The third-order valence-corrected chi connectivity index (χ3v) is 8.27. The summed E-state index contributed by atoms with van der Waals surface area (Å²) in [5.41, 5.74) is 4.16. The number of hydrogen-bond donors (Lipinski definition) is 0. The predicted octanol–water partition coefficient (Wildman–Crippen LogP) is 12.0. The molecule has 0 aliphatic rings. The van der Waals surface area contributed by atoms with Crippen LogP contribution in [-0.4, -0.2) is 0 Å². The van der Waals surface area contributed by atoms with Gasteiger partial charge in [0.2, 0.25) is 0 Å². The zero-order valence-corrected chi connectivity index (χ0v) is 22.9. The summed E-state index contributed by atoms with van der Waals surface area (Å²) < 4.78 is 71.7. The van der Waals surface area contributed by atoms with E-state index in [1.165, 1.54) is 0 Å². The smallest absolute Gasteiger partial charge is 0.136 e. The van der Waals surface area contributed by atoms with Gasteiger partial charge < -0.3 is 4.42 Å². The number of hydrogen-bond acceptors (Lipinski definition) is 1. The fourth-order valence-electron chi connectivity index (χ4n) is 6.35. The minimum atomic E-state index is -0.401. The molecular formula is C42H26O. The normalized spacial score (nSPS) is 14.0. The molecule has 1 nitrogen and oxygen atoms in total. The van der Waals surface area contributed by atoms with E-state index in [1.807, 2.05) is 115 Å². The van der Waals surface area contributed by atoms with Gasteiger partial charge in [-0.15, -0.1) is 0 Å². The molecule has 1 heterocycles. The quantitative estimate of drug-likeness (QED) is 0.198. The lowest BCUT2D eigenvalue weighted by atomic mass is 9.83. The van der Waals surface area contributed by atoms with E-state index in [2.05, 4.69) is 0 Å². The van der Waals surface area contributed by atoms with E-state index >= 15 is 0 Å². The van der Waals surface area contributed by atoms with Gasteiger partial charge in [0.15, 0.2) is 0 Å². The molecule has 1 heteroatoms. The Morgan fingerprint density at radius 1 is 0.442 bits per heavy atom. The monoisotopic (exact) mass is 553 g/mol. The first kappa shape index (κ1) is 18.0. The Morgan fingerprint density at radius 3 is 2.05 bits per heavy atom. The molecule has 0 N–H and O–H groups in total. The highest BCUT2D eigenvalue weighted by atomic mass is 16.3. The molecule has 43 heavy (non-hydrogen) atoms. The first-order valence-electron chi connectivity index (χ1n) is 17.7. The van der Waals surface area contributed by atoms with Crippen LogP contribution in [0.25, 0.3) is 87.6 Å². The molecule has 0 aliphatic carbocycles. The van der Waals surface area contributed by atoms with E-state index < -0.39 is 6.04 Å². The summed E-state index contributed by atoms with van der Waals surface area (Å²) in [5.74, 6) is 0. The summed E-state index contributed by atoms with van der Waals surface area (Å²) >= 11 is 0. The number of para-hydroxylation sites is 1. The maximum absolute atomic E-state index is 9.87. The molecule has 8 aromatic carbocycles. The number of benzene rings is 8. The van der Waals surface area contributed by atoms with Crippen LogP contribution >= 0.6 is 0 Å². The van der Waals surface area contributed by atoms with Crippen molar-refractivity contribution >= 4 is 54.3 Å². The summed E-state index contributed by atoms with van der Waals surface area (Å²) in [7, 11) is 0. The van der Waals surface area contributed by atoms with E-state index in [0.717, 1.165) is 21.5 Å². The average Bonchev–Trinajstić information content (AvgIpc) is 3.53. The van der Waals surface area contributed by atoms with Crippen LogP contribution in [0.5, 0.6) is 0 Å². The highest BCUT2D eigenvalue weighted by Gasteiger charge is 2.20. The number of rotatable bonds is 3. The molecule has 0 unspecified atom stereocenters. The standard InChI is InChI=1S/C42H26O/c1-2-11-27(12-3-1)30-23-24-34-37(26-30)40(31-22-21-28-13-4-5-14-29(28)25-31)32-15-6-7-16-33(32)41(34)36-18-10-20-39-42(36)35-17-8-9-19-38(35)43-39/h1-26H/i6D,7D,15D,16D,23D,24D,26D. The van der Waals surface area contributed by atoms with Gasteiger partial charge in [0, 0.05) is 10.8 Å². The fourth-order valence-corrected chi connectivity index (χ4v) is 6.35. The van der Waals surface area contributed by atoms with Crippen molar-refractivity contribution in [2.75, 3.05) is 0 Å². The van der Waals surface area contributed by atoms with Crippen molar-refractivity contribution in [3.63, 3.8) is 0 Å². The Morgan fingerprint density at radius 2 is 1.16 bits per heavy atom. The summed E-state index contributed by atoms with van der Waals surface area (Å²) in [6.45, 7) is 0. The summed E-state index contributed by atoms with van der Waals surface area (Å²) in [5, 5.41) is 4.55. The lowest BCUT2D eigenvalue weighted by Gasteiger charge is -2.19. The minimum Gasteiger partial charge on any atom is -0.456 e. The van der Waals surface area contributed by atoms with E-state index in [9.17, 15) is 6.85 Å². The van der Waals surface area contributed by atoms with Gasteiger partial charge in [-0.1, -0.05) is 133 Å². The topological polar surface area (TPSA) is 13.1 Å². The molecule has 0 radical (unpaired) electrons. The molecule has 0 spiro atoms. The van der Waals surface area contributed by atoms with Gasteiger partial charge >= 0.3 is 0 Å². The Hall–Kier alpha value is -5.66. The molecule has 0 bridgehead atoms. The SMILES string of the molecule is [2H]c1c([2H])c([2H])c2c(-c3cccc4oc5ccccc5c34)c3c([2H])c([2H])c(-c4ccccc4)c([2H])c3c(-c3ccc4ccccc4c3)c2c1[2H]. The number of furan rings is 1. The Labute approximate surface area is 259 Å². The van der Waals surface area contributed by atoms with Crippen molar-refractivity contribution in [2.45, 2.75) is 0 Å². The second kappa shape index (κ2) is 9.44. The van der Waals surface area contributed by atoms with Crippen LogP contribution in [0.4, 0.5) is 0 Å². The first-order chi connectivity index (χ1) is 24.3. The van der Waals surface area contributed by atoms with Crippen molar-refractivity contribution in [1.82, 2.24) is 0 Å². The van der Waals surface area contributed by atoms with Gasteiger partial charge in [-0.2, -0.15) is 0 Å². The third-order valence-electron chi connectivity index (χ3n) is 8.27. The third kappa shape index (κ3) is 3.72. The van der Waals surface area contributed by atoms with E-state index in [1.54, 1.807) is 0 Å². The van der Waals surface area contributed by atoms with Crippen LogP contribution in [0.2, 0.25) is 0 Å². The van der Waals surface area contributed by atoms with Crippen LogP contribution in [0.15, 0.2) is 162 Å². The molecule has 0 saturated heterocycles. The maximum Gasteiger partial charge on any atom is 0.136 e. The Kier molecular flexibility index (Phi) is 3.95. The highest BCUT2D eigenvalue weighted by molar-refractivity contribution is 6.26. The van der Waals surface area contributed by atoms with Gasteiger partial charge in [0.1, 0.15) is 11.2 Å².